The maximum Gasteiger partial charge on any atom is 0.396 e. The van der Waals surface area contributed by atoms with Crippen molar-refractivity contribution >= 4 is 55.8 Å². The van der Waals surface area contributed by atoms with Gasteiger partial charge in [0.25, 0.3) is 5.91 Å². The molecule has 0 aliphatic carbocycles. The van der Waals surface area contributed by atoms with Crippen molar-refractivity contribution in [3.8, 4) is 0 Å². The first kappa shape index (κ1) is 81.9. The zero-order chi connectivity index (χ0) is 59.9. The van der Waals surface area contributed by atoms with Gasteiger partial charge in [-0.25, -0.2) is 4.79 Å². The molecule has 0 bridgehead atoms. The molecule has 0 aromatic heterocycles. The molecule has 0 spiro atoms. The third-order valence-corrected chi connectivity index (χ3v) is 8.12. The van der Waals surface area contributed by atoms with E-state index in [9.17, 15) is 63.9 Å². The first-order valence-electron chi connectivity index (χ1n) is 23.5. The standard InChI is InChI=1S/C9H15N2O6.C9H14NO6.C7H11N2O5.C7H10NO6.C2H7NO.3CH4.BH.H2O.5U/c12-2-1-10-8(15)9(16)11-5-4-17-6(3-13)7(5)14;1-14-4-6-7(11)5(3-16-6)10-8(12)9(13)15-2;8-6(12)7(13)9-3-2-14-4(1-10)5(3)11;9-1-4-5(10)3(2-14-4)8-6(11)7(12)13;3-1-2-4;;;;;;;;;;/h4-7,12-14H,1-3H2,(H,10,15)(H,11,16);3,5-7,11H,4H2,1-2H3,(H,10,12);2-5,10-11H,1H2,(H2,8,12)(H,9,13);2-5,9-10H,1H2,(H,8,11)(H,12,13);4H,1-3H2;3*1H4;1H;1H2;;;;;/q4*-1;;;;;;;;;;;/p-2/t2*5?,6-,7-;2*3?,4-,5-;;;;;;;;;;;/m1111.........../s1/i13T;;10T;9T;;4*1D;;;;;;. The molecule has 2 radical (unpaired) electrons. The number of carbonyl (C=O) groups is 8. The summed E-state index contributed by atoms with van der Waals surface area (Å²) in [5.41, 5.74) is 9.49. The molecule has 4 saturated heterocycles. The number of ether oxygens (including phenoxy) is 6. The van der Waals surface area contributed by atoms with E-state index in [1.54, 1.807) is 0 Å². The van der Waals surface area contributed by atoms with Crippen molar-refractivity contribution in [1.82, 2.24) is 26.6 Å². The Morgan fingerprint density at radius 2 is 0.947 bits per heavy atom. The molecule has 75 heavy (non-hydrogen) atoms. The molecule has 4 unspecified atom stereocenters. The number of esters is 1. The van der Waals surface area contributed by atoms with Crippen LogP contribution in [0.25, 0.3) is 0 Å². The van der Waals surface area contributed by atoms with Gasteiger partial charge in [-0.3, -0.25) is 28.8 Å². The normalized spacial score (nSPS) is 25.5. The molecule has 4 heterocycles. The number of amides is 6. The van der Waals surface area contributed by atoms with E-state index in [0.717, 1.165) is 20.3 Å². The number of nitrogens with two attached hydrogens (primary N) is 2. The Bertz CT molecular complexity index is 1570. The van der Waals surface area contributed by atoms with Gasteiger partial charge in [-0.1, -0.05) is 22.2 Å². The summed E-state index contributed by atoms with van der Waals surface area (Å²) < 4.78 is 70.8. The number of aliphatic hydroxyl groups excluding tert-OH is 9. The molecule has 0 saturated carbocycles. The van der Waals surface area contributed by atoms with Crippen LogP contribution in [0, 0.1) is 182 Å². The molecule has 0 aromatic carbocycles. The van der Waals surface area contributed by atoms with Crippen LogP contribution in [-0.2, 0) is 66.8 Å². The zero-order valence-electron chi connectivity index (χ0n) is 48.1. The van der Waals surface area contributed by atoms with E-state index in [1.165, 1.54) is 42.5 Å². The number of aliphatic carboxylic acids is 1. The summed E-state index contributed by atoms with van der Waals surface area (Å²) in [6, 6.07) is -3.37. The van der Waals surface area contributed by atoms with E-state index in [2.05, 4.69) is 49.7 Å². The number of carboxylic acids is 1. The molecule has 32 nitrogen and oxygen atoms in total. The van der Waals surface area contributed by atoms with Gasteiger partial charge in [-0.05, 0) is 25.5 Å². The number of nitrogens with one attached hydrogen (secondary N) is 5. The van der Waals surface area contributed by atoms with Crippen LogP contribution in [0.3, 0.4) is 0 Å². The predicted octanol–water partition coefficient (Wildman–Crippen LogP) is -12.3. The molecule has 4 rings (SSSR count). The van der Waals surface area contributed by atoms with Crippen molar-refractivity contribution in [2.75, 3.05) is 67.0 Å². The van der Waals surface area contributed by atoms with Crippen LogP contribution in [0.1, 0.15) is 26.3 Å². The Hall–Kier alpha value is 0.445. The smallest absolute Gasteiger partial charge is 0.396 e. The average molecular weight is 2220 g/mol. The third-order valence-electron chi connectivity index (χ3n) is 8.12. The number of hydrogen-bond acceptors (Lipinski definition) is 26. The molecule has 12 atom stereocenters. The fraction of sp³-hybridized carbons (Fsp3) is 0.676. The van der Waals surface area contributed by atoms with Crippen LogP contribution >= 0.6 is 0 Å². The fourth-order valence-corrected chi connectivity index (χ4v) is 4.71. The second-order valence-electron chi connectivity index (χ2n) is 12.8. The number of primary amides is 1. The molecule has 4 aliphatic heterocycles. The van der Waals surface area contributed by atoms with Gasteiger partial charge in [0.05, 0.1) is 95.6 Å². The van der Waals surface area contributed by atoms with E-state index in [1.807, 2.05) is 5.32 Å². The minimum absolute atomic E-state index is 0. The van der Waals surface area contributed by atoms with Crippen LogP contribution in [0.4, 0.5) is 0 Å². The second kappa shape index (κ2) is 57.7. The van der Waals surface area contributed by atoms with Crippen molar-refractivity contribution in [1.29, 1.82) is 5.63 Å². The van der Waals surface area contributed by atoms with Gasteiger partial charge in [-0.2, -0.15) is 26.4 Å². The maximum absolute atomic E-state index is 11.4. The Morgan fingerprint density at radius 3 is 1.24 bits per heavy atom. The number of carbonyl (C=O) groups excluding carboxylic acids is 8. The second-order valence-corrected chi connectivity index (χ2v) is 12.8. The molecule has 4 fully saturated rings. The van der Waals surface area contributed by atoms with Gasteiger partial charge in [0, 0.05) is 188 Å². The summed E-state index contributed by atoms with van der Waals surface area (Å²) >= 11 is 0. The first-order chi connectivity index (χ1) is 36.2. The molecular formula is C37H70BN7O25U5-6. The molecule has 19 N–H and O–H groups in total. The van der Waals surface area contributed by atoms with E-state index in [4.69, 9.17) is 55.1 Å². The molecule has 4 aliphatic rings. The average Bonchev–Trinajstić information content (AvgIpc) is 4.18. The Kier molecular flexibility index (Phi) is 63.0. The van der Waals surface area contributed by atoms with Crippen molar-refractivity contribution in [3.05, 3.63) is 26.4 Å². The molecule has 0 aromatic rings. The summed E-state index contributed by atoms with van der Waals surface area (Å²) in [5, 5.41) is 87.6. The summed E-state index contributed by atoms with van der Waals surface area (Å²) in [7, 11) is 10.1. The van der Waals surface area contributed by atoms with Gasteiger partial charge >= 0.3 is 35.5 Å². The third kappa shape index (κ3) is 38.7. The number of carboxylic acid groups (broad SMARTS) is 1. The molecule has 38 heteroatoms. The van der Waals surface area contributed by atoms with Crippen LogP contribution < -0.4 is 43.2 Å². The van der Waals surface area contributed by atoms with Gasteiger partial charge in [0.15, 0.2) is 0 Å². The Labute approximate surface area is 564 Å². The van der Waals surface area contributed by atoms with Crippen LogP contribution in [0.15, 0.2) is 0 Å². The van der Waals surface area contributed by atoms with Gasteiger partial charge < -0.3 is 128 Å². The van der Waals surface area contributed by atoms with Crippen LogP contribution in [0.2, 0.25) is 0 Å². The van der Waals surface area contributed by atoms with Crippen molar-refractivity contribution in [2.45, 2.75) is 95.2 Å². The first-order valence-corrected chi connectivity index (χ1v) is 18.7. The summed E-state index contributed by atoms with van der Waals surface area (Å²) in [6.45, 7) is 4.56. The minimum atomic E-state index is -1.89. The fourth-order valence-electron chi connectivity index (χ4n) is 4.71. The van der Waals surface area contributed by atoms with Crippen molar-refractivity contribution in [2.24, 2.45) is 11.5 Å². The van der Waals surface area contributed by atoms with Crippen LogP contribution in [0.5, 0.6) is 0 Å². The van der Waals surface area contributed by atoms with Gasteiger partial charge in [0.1, 0.15) is 5.97 Å². The van der Waals surface area contributed by atoms with E-state index < -0.39 is 120 Å². The van der Waals surface area contributed by atoms with E-state index >= 15 is 0 Å². The molecular weight excluding hydrogens is 2140 g/mol. The van der Waals surface area contributed by atoms with E-state index in [-0.39, 0.29) is 207 Å². The topological polar surface area (TPSA) is 539 Å². The number of aliphatic hydroxyl groups is 9. The quantitative estimate of drug-likeness (QED) is 0.0313. The Balaban J connectivity index is -0.0000000836. The van der Waals surface area contributed by atoms with Crippen molar-refractivity contribution in [3.63, 3.8) is 0 Å². The summed E-state index contributed by atoms with van der Waals surface area (Å²) in [6.07, 6.45) is -7.10. The van der Waals surface area contributed by atoms with Gasteiger partial charge in [0.2, 0.25) is 4.29 Å². The SMILES string of the molecule is COC[C@H]1O[CH-]C(NC(=O)C(=O)OC)[C@H]1O.NCCO.[2H]C.[2H]C.[2H]C.[2H][B].[3H]OC[C@H]1O[CH-]C(NC(=O)C(=O)NCCO)[C@H]1O.[3H]OC[C@H]1O[CH-]C(NC(=O)C(=O)[O-])[C@H]1O.[3H]OC[C@H]1O[CH-]C(NC(=O)C(N)=O)[C@H]1O.[OH-].[U].[U].[U].[U].[U]. The van der Waals surface area contributed by atoms with E-state index in [0.29, 0.717) is 6.54 Å². The summed E-state index contributed by atoms with van der Waals surface area (Å²) in [5.74, 6) is -9.19. The molecule has 432 valence electrons. The largest absolute Gasteiger partial charge is 0.870 e. The number of rotatable bonds is 15. The summed E-state index contributed by atoms with van der Waals surface area (Å²) in [4.78, 5) is 86.5. The Morgan fingerprint density at radius 1 is 0.627 bits per heavy atom. The monoisotopic (exact) mass is 2220 g/mol. The van der Waals surface area contributed by atoms with Crippen molar-refractivity contribution < 1.29 is 283 Å². The zero-order valence-corrected chi connectivity index (χ0v) is 61.9. The number of methoxy groups -OCH3 is 2. The number of hydrogen-bond donors (Lipinski definition) is 16. The minimum Gasteiger partial charge on any atom is -0.870 e. The molecule has 6 amide bonds. The van der Waals surface area contributed by atoms with Gasteiger partial charge in [-0.15, -0.1) is 0 Å². The maximum atomic E-state index is 11.4. The predicted molar refractivity (Wildman–Crippen MR) is 233 cm³/mol. The van der Waals surface area contributed by atoms with Crippen LogP contribution in [-0.4, -0.2) is 253 Å².